The zero-order valence-electron chi connectivity index (χ0n) is 18.3. The van der Waals surface area contributed by atoms with Gasteiger partial charge in [0.2, 0.25) is 0 Å². The smallest absolute Gasteiger partial charge is 0.387 e. The molecule has 1 aliphatic rings. The van der Waals surface area contributed by atoms with E-state index in [4.69, 9.17) is 30.0 Å². The Morgan fingerprint density at radius 3 is 2.05 bits per heavy atom. The number of rotatable bonds is 12. The van der Waals surface area contributed by atoms with Crippen LogP contribution in [0, 0.1) is 0 Å². The van der Waals surface area contributed by atoms with Gasteiger partial charge >= 0.3 is 39.1 Å². The topological polar surface area (TPSA) is 372 Å². The van der Waals surface area contributed by atoms with E-state index in [0.29, 0.717) is 0 Å². The Hall–Kier alpha value is -1.06. The highest BCUT2D eigenvalue weighted by atomic mass is 31.3. The SMILES string of the molecule is Nc1ncnc2c1ncn2[C@@H]1O[C@H](COP(=O)(O)OP(=O)(O)OP(=O)(O)O)[C@@H](O)[C@H]1OP(=O)(O)OP(=O)(O)O. The predicted octanol–water partition coefficient (Wildman–Crippen LogP) is -1.40. The highest BCUT2D eigenvalue weighted by Crippen LogP contribution is 2.66. The normalized spacial score (nSPS) is 27.2. The minimum atomic E-state index is -5.88. The molecule has 3 unspecified atom stereocenters. The van der Waals surface area contributed by atoms with Gasteiger partial charge in [0.05, 0.1) is 12.9 Å². The monoisotopic (exact) mass is 667 g/mol. The van der Waals surface area contributed by atoms with Crippen LogP contribution < -0.4 is 5.73 Å². The first-order valence-electron chi connectivity index (χ1n) is 9.41. The molecule has 2 aromatic heterocycles. The van der Waals surface area contributed by atoms with Gasteiger partial charge in [-0.3, -0.25) is 13.6 Å². The third-order valence-electron chi connectivity index (χ3n) is 4.26. The summed E-state index contributed by atoms with van der Waals surface area (Å²) < 4.78 is 83.6. The number of imidazole rings is 1. The summed E-state index contributed by atoms with van der Waals surface area (Å²) in [7, 11) is -28.5. The lowest BCUT2D eigenvalue weighted by Crippen LogP contribution is -2.35. The molecule has 7 atom stereocenters. The van der Waals surface area contributed by atoms with Gasteiger partial charge in [0.25, 0.3) is 0 Å². The fourth-order valence-electron chi connectivity index (χ4n) is 3.03. The minimum absolute atomic E-state index is 0.0373. The van der Waals surface area contributed by atoms with Crippen LogP contribution in [-0.2, 0) is 49.5 Å². The molecule has 2 aromatic rings. The quantitative estimate of drug-likeness (QED) is 0.118. The summed E-state index contributed by atoms with van der Waals surface area (Å²) in [5, 5.41) is 10.6. The van der Waals surface area contributed by atoms with E-state index in [1.807, 2.05) is 0 Å². The van der Waals surface area contributed by atoms with E-state index >= 15 is 0 Å². The number of hydrogen-bond acceptors (Lipinski definition) is 16. The van der Waals surface area contributed by atoms with Crippen LogP contribution in [0.1, 0.15) is 6.23 Å². The van der Waals surface area contributed by atoms with Crippen LogP contribution in [0.2, 0.25) is 0 Å². The minimum Gasteiger partial charge on any atom is -0.387 e. The van der Waals surface area contributed by atoms with Crippen molar-refractivity contribution in [2.45, 2.75) is 24.5 Å². The van der Waals surface area contributed by atoms with Crippen LogP contribution in [0.5, 0.6) is 0 Å². The van der Waals surface area contributed by atoms with Crippen LogP contribution >= 0.6 is 39.1 Å². The fourth-order valence-corrected chi connectivity index (χ4v) is 7.82. The van der Waals surface area contributed by atoms with Gasteiger partial charge in [-0.15, -0.1) is 0 Å². The summed E-state index contributed by atoms with van der Waals surface area (Å²) in [6.07, 6.45) is -5.92. The molecule has 1 fully saturated rings. The number of nitrogens with zero attached hydrogens (tertiary/aromatic N) is 4. The molecular weight excluding hydrogens is 649 g/mol. The molecule has 0 bridgehead atoms. The van der Waals surface area contributed by atoms with Gasteiger partial charge in [-0.2, -0.15) is 12.9 Å². The maximum Gasteiger partial charge on any atom is 0.490 e. The van der Waals surface area contributed by atoms with Crippen molar-refractivity contribution in [2.75, 3.05) is 12.3 Å². The molecule has 222 valence electrons. The van der Waals surface area contributed by atoms with Gasteiger partial charge in [-0.05, 0) is 0 Å². The van der Waals surface area contributed by atoms with E-state index in [1.165, 1.54) is 0 Å². The Morgan fingerprint density at radius 1 is 0.872 bits per heavy atom. The number of aliphatic hydroxyl groups excluding tert-OH is 1. The lowest BCUT2D eigenvalue weighted by Gasteiger charge is -2.23. The van der Waals surface area contributed by atoms with Crippen molar-refractivity contribution in [3.63, 3.8) is 0 Å². The maximum absolute atomic E-state index is 12.2. The van der Waals surface area contributed by atoms with E-state index < -0.39 is 70.3 Å². The molecule has 0 amide bonds. The summed E-state index contributed by atoms with van der Waals surface area (Å²) in [4.78, 5) is 74.9. The van der Waals surface area contributed by atoms with E-state index in [0.717, 1.165) is 17.2 Å². The van der Waals surface area contributed by atoms with Crippen LogP contribution in [-0.4, -0.2) is 83.8 Å². The molecule has 24 nitrogen and oxygen atoms in total. The predicted molar refractivity (Wildman–Crippen MR) is 117 cm³/mol. The van der Waals surface area contributed by atoms with Crippen molar-refractivity contribution in [3.05, 3.63) is 12.7 Å². The molecule has 29 heteroatoms. The Labute approximate surface area is 214 Å². The number of nitrogens with two attached hydrogens (primary N) is 1. The molecule has 39 heavy (non-hydrogen) atoms. The van der Waals surface area contributed by atoms with E-state index in [9.17, 15) is 42.6 Å². The van der Waals surface area contributed by atoms with Crippen LogP contribution in [0.4, 0.5) is 5.82 Å². The molecule has 0 saturated carbocycles. The Balaban J connectivity index is 1.87. The van der Waals surface area contributed by atoms with Crippen molar-refractivity contribution in [1.82, 2.24) is 19.5 Å². The summed E-state index contributed by atoms with van der Waals surface area (Å²) in [5.41, 5.74) is 5.52. The number of ether oxygens (including phenoxy) is 1. The molecule has 10 N–H and O–H groups in total. The average molecular weight is 667 g/mol. The number of anilines is 1. The fraction of sp³-hybridized carbons (Fsp3) is 0.500. The van der Waals surface area contributed by atoms with Gasteiger partial charge in [0.1, 0.15) is 30.2 Å². The summed E-state index contributed by atoms with van der Waals surface area (Å²) in [5.74, 6) is -0.142. The van der Waals surface area contributed by atoms with Gasteiger partial charge in [0.15, 0.2) is 17.7 Å². The van der Waals surface area contributed by atoms with Crippen molar-refractivity contribution in [2.24, 2.45) is 0 Å². The molecule has 1 saturated heterocycles. The van der Waals surface area contributed by atoms with Crippen LogP contribution in [0.3, 0.4) is 0 Å². The Kier molecular flexibility index (Phi) is 9.42. The molecule has 0 aromatic carbocycles. The molecule has 0 spiro atoms. The standard InChI is InChI=1S/C10H18N5O19P5/c11-8-5-9(13-2-12-8)15(3-14-5)10-7(31-38(25,26)32-35(17,18)19)6(16)4(30-10)1-29-37(23,24)34-39(27,28)33-36(20,21)22/h2-4,6-7,10,16H,1H2,(H,23,24)(H,25,26)(H,27,28)(H2,11,12,13)(H2,17,18,19)(H2,20,21,22)/t4-,6-,7-,10-/m1/s1. The van der Waals surface area contributed by atoms with Crippen molar-refractivity contribution >= 4 is 56.1 Å². The van der Waals surface area contributed by atoms with E-state index in [1.54, 1.807) is 0 Å². The average Bonchev–Trinajstić information content (AvgIpc) is 3.24. The number of phosphoric acid groups is 5. The van der Waals surface area contributed by atoms with E-state index in [2.05, 4.69) is 36.9 Å². The first-order valence-corrected chi connectivity index (χ1v) is 17.0. The van der Waals surface area contributed by atoms with Gasteiger partial charge < -0.3 is 49.8 Å². The van der Waals surface area contributed by atoms with Gasteiger partial charge in [0, 0.05) is 0 Å². The largest absolute Gasteiger partial charge is 0.490 e. The van der Waals surface area contributed by atoms with Crippen LogP contribution in [0.25, 0.3) is 11.2 Å². The molecular formula is C10H18N5O19P5. The second-order valence-electron chi connectivity index (χ2n) is 7.14. The molecule has 0 radical (unpaired) electrons. The van der Waals surface area contributed by atoms with E-state index in [-0.39, 0.29) is 17.0 Å². The molecule has 3 heterocycles. The summed E-state index contributed by atoms with van der Waals surface area (Å²) >= 11 is 0. The van der Waals surface area contributed by atoms with Gasteiger partial charge in [-0.25, -0.2) is 37.8 Å². The number of aromatic nitrogens is 4. The maximum atomic E-state index is 12.2. The summed E-state index contributed by atoms with van der Waals surface area (Å²) in [6.45, 7) is -1.25. The summed E-state index contributed by atoms with van der Waals surface area (Å²) in [6, 6.07) is 0. The number of fused-ring (bicyclic) bond motifs is 1. The zero-order valence-corrected chi connectivity index (χ0v) is 22.8. The lowest BCUT2D eigenvalue weighted by atomic mass is 10.1. The van der Waals surface area contributed by atoms with Gasteiger partial charge in [-0.1, -0.05) is 0 Å². The van der Waals surface area contributed by atoms with Crippen molar-refractivity contribution < 1.29 is 88.9 Å². The third-order valence-corrected chi connectivity index (χ3v) is 10.2. The molecule has 3 rings (SSSR count). The molecule has 1 aliphatic heterocycles. The highest BCUT2D eigenvalue weighted by Gasteiger charge is 2.51. The van der Waals surface area contributed by atoms with Crippen LogP contribution in [0.15, 0.2) is 12.7 Å². The number of hydrogen-bond donors (Lipinski definition) is 9. The number of aliphatic hydroxyl groups is 1. The van der Waals surface area contributed by atoms with Crippen molar-refractivity contribution in [1.29, 1.82) is 0 Å². The Morgan fingerprint density at radius 2 is 1.46 bits per heavy atom. The number of nitrogen functional groups attached to an aromatic ring is 1. The Bertz CT molecular complexity index is 1450. The third kappa shape index (κ3) is 8.96. The lowest BCUT2D eigenvalue weighted by molar-refractivity contribution is -0.0497. The first kappa shape index (κ1) is 32.5. The zero-order chi connectivity index (χ0) is 29.6. The second-order valence-corrected chi connectivity index (χ2v) is 14.3. The second kappa shape index (κ2) is 11.3. The van der Waals surface area contributed by atoms with Crippen molar-refractivity contribution in [3.8, 4) is 0 Å². The number of phosphoric ester groups is 2. The molecule has 0 aliphatic carbocycles. The highest BCUT2D eigenvalue weighted by molar-refractivity contribution is 7.66. The first-order chi connectivity index (χ1) is 17.6.